The number of amides is 1. The van der Waals surface area contributed by atoms with Crippen LogP contribution in [-0.2, 0) is 25.0 Å². The van der Waals surface area contributed by atoms with Crippen molar-refractivity contribution in [3.8, 4) is 0 Å². The predicted molar refractivity (Wildman–Crippen MR) is 137 cm³/mol. The minimum atomic E-state index is -5.08. The van der Waals surface area contributed by atoms with Crippen molar-refractivity contribution in [3.63, 3.8) is 0 Å². The molecule has 0 spiro atoms. The van der Waals surface area contributed by atoms with Crippen LogP contribution in [0.4, 0.5) is 18.9 Å². The molecular formula is C27H33F3N2O5S. The number of hydrogen-bond donors (Lipinski definition) is 3. The molecule has 2 aromatic rings. The molecule has 2 aliphatic rings. The van der Waals surface area contributed by atoms with Crippen LogP contribution < -0.4 is 10.0 Å². The molecule has 0 unspecified atom stereocenters. The van der Waals surface area contributed by atoms with Gasteiger partial charge < -0.3 is 10.4 Å². The number of hydrogen-bond acceptors (Lipinski definition) is 4. The van der Waals surface area contributed by atoms with E-state index in [2.05, 4.69) is 10.0 Å². The van der Waals surface area contributed by atoms with Crippen LogP contribution in [0.1, 0.15) is 68.1 Å². The van der Waals surface area contributed by atoms with Crippen molar-refractivity contribution in [2.45, 2.75) is 87.7 Å². The predicted octanol–water partition coefficient (Wildman–Crippen LogP) is 5.61. The Labute approximate surface area is 220 Å². The third-order valence-corrected chi connectivity index (χ3v) is 8.47. The van der Waals surface area contributed by atoms with Gasteiger partial charge in [-0.15, -0.1) is 0 Å². The van der Waals surface area contributed by atoms with Crippen LogP contribution in [0.2, 0.25) is 0 Å². The van der Waals surface area contributed by atoms with E-state index in [1.54, 1.807) is 24.3 Å². The van der Waals surface area contributed by atoms with Gasteiger partial charge in [0.1, 0.15) is 0 Å². The highest BCUT2D eigenvalue weighted by Gasteiger charge is 2.51. The molecule has 0 heterocycles. The zero-order chi connectivity index (χ0) is 28.1. The Morgan fingerprint density at radius 3 is 1.95 bits per heavy atom. The SMILES string of the molecule is Cc1ccc(S(=O)(=O)Nc2ccc(C3(C(=O)NC4CCCCCC4)CC3)cc2)cc1C.O=C(O)C(F)(F)F. The van der Waals surface area contributed by atoms with E-state index in [0.717, 1.165) is 42.4 Å². The summed E-state index contributed by atoms with van der Waals surface area (Å²) < 4.78 is 59.9. The molecule has 0 saturated heterocycles. The lowest BCUT2D eigenvalue weighted by Gasteiger charge is -2.22. The van der Waals surface area contributed by atoms with Crippen molar-refractivity contribution in [2.75, 3.05) is 4.72 Å². The maximum atomic E-state index is 13.0. The molecule has 4 rings (SSSR count). The van der Waals surface area contributed by atoms with Gasteiger partial charge in [0, 0.05) is 11.7 Å². The maximum absolute atomic E-state index is 13.0. The first-order valence-electron chi connectivity index (χ1n) is 12.6. The second-order valence-electron chi connectivity index (χ2n) is 9.98. The summed E-state index contributed by atoms with van der Waals surface area (Å²) in [6.07, 6.45) is 3.65. The molecular weight excluding hydrogens is 521 g/mol. The van der Waals surface area contributed by atoms with Crippen LogP contribution in [0.25, 0.3) is 0 Å². The summed E-state index contributed by atoms with van der Waals surface area (Å²) in [5.74, 6) is -2.63. The zero-order valence-corrected chi connectivity index (χ0v) is 22.2. The Kier molecular flexibility index (Phi) is 9.12. The molecule has 208 valence electrons. The van der Waals surface area contributed by atoms with Crippen LogP contribution in [0.3, 0.4) is 0 Å². The molecule has 38 heavy (non-hydrogen) atoms. The average Bonchev–Trinajstić information content (AvgIpc) is 3.67. The first-order chi connectivity index (χ1) is 17.7. The summed E-state index contributed by atoms with van der Waals surface area (Å²) in [7, 11) is -3.65. The second kappa shape index (κ2) is 11.8. The number of carboxylic acid groups (broad SMARTS) is 1. The average molecular weight is 555 g/mol. The highest BCUT2D eigenvalue weighted by atomic mass is 32.2. The van der Waals surface area contributed by atoms with Crippen LogP contribution in [0.15, 0.2) is 47.4 Å². The molecule has 2 fully saturated rings. The molecule has 0 atom stereocenters. The summed E-state index contributed by atoms with van der Waals surface area (Å²) in [4.78, 5) is 22.2. The Morgan fingerprint density at radius 2 is 1.47 bits per heavy atom. The van der Waals surface area contributed by atoms with Gasteiger partial charge in [-0.2, -0.15) is 13.2 Å². The number of nitrogens with one attached hydrogen (secondary N) is 2. The fourth-order valence-electron chi connectivity index (χ4n) is 4.47. The van der Waals surface area contributed by atoms with Gasteiger partial charge in [-0.25, -0.2) is 13.2 Å². The van der Waals surface area contributed by atoms with Crippen LogP contribution >= 0.6 is 0 Å². The molecule has 2 aromatic carbocycles. The summed E-state index contributed by atoms with van der Waals surface area (Å²) >= 11 is 0. The van der Waals surface area contributed by atoms with E-state index >= 15 is 0 Å². The topological polar surface area (TPSA) is 113 Å². The van der Waals surface area contributed by atoms with E-state index in [1.165, 1.54) is 25.7 Å². The van der Waals surface area contributed by atoms with Crippen LogP contribution in [0.5, 0.6) is 0 Å². The molecule has 0 aliphatic heterocycles. The van der Waals surface area contributed by atoms with Crippen molar-refractivity contribution in [2.24, 2.45) is 0 Å². The molecule has 0 radical (unpaired) electrons. The van der Waals surface area contributed by atoms with E-state index in [0.29, 0.717) is 5.69 Å². The van der Waals surface area contributed by atoms with E-state index in [-0.39, 0.29) is 16.8 Å². The van der Waals surface area contributed by atoms with Gasteiger partial charge in [-0.05, 0) is 80.5 Å². The van der Waals surface area contributed by atoms with E-state index < -0.39 is 27.6 Å². The smallest absolute Gasteiger partial charge is 0.475 e. The first kappa shape index (κ1) is 29.5. The van der Waals surface area contributed by atoms with E-state index in [9.17, 15) is 26.4 Å². The number of sulfonamides is 1. The Bertz CT molecular complexity index is 1250. The van der Waals surface area contributed by atoms with E-state index in [1.807, 2.05) is 32.0 Å². The van der Waals surface area contributed by atoms with Gasteiger partial charge in [-0.3, -0.25) is 9.52 Å². The summed E-state index contributed by atoms with van der Waals surface area (Å²) in [5, 5.41) is 10.4. The number of alkyl halides is 3. The van der Waals surface area contributed by atoms with Crippen LogP contribution in [0, 0.1) is 13.8 Å². The highest BCUT2D eigenvalue weighted by molar-refractivity contribution is 7.92. The third kappa shape index (κ3) is 7.49. The van der Waals surface area contributed by atoms with Crippen LogP contribution in [-0.4, -0.2) is 37.6 Å². The Morgan fingerprint density at radius 1 is 0.921 bits per heavy atom. The molecule has 11 heteroatoms. The molecule has 7 nitrogen and oxygen atoms in total. The number of halogens is 3. The van der Waals surface area contributed by atoms with Gasteiger partial charge in [0.05, 0.1) is 10.3 Å². The molecule has 3 N–H and O–H groups in total. The van der Waals surface area contributed by atoms with Gasteiger partial charge >= 0.3 is 12.1 Å². The number of rotatable bonds is 6. The van der Waals surface area contributed by atoms with Gasteiger partial charge in [0.25, 0.3) is 10.0 Å². The summed E-state index contributed by atoms with van der Waals surface area (Å²) in [6.45, 7) is 3.86. The molecule has 2 aliphatic carbocycles. The fourth-order valence-corrected chi connectivity index (χ4v) is 5.61. The van der Waals surface area contributed by atoms with Crippen molar-refractivity contribution < 1.29 is 36.3 Å². The lowest BCUT2D eigenvalue weighted by molar-refractivity contribution is -0.192. The van der Waals surface area contributed by atoms with Gasteiger partial charge in [0.15, 0.2) is 0 Å². The second-order valence-corrected chi connectivity index (χ2v) is 11.7. The summed E-state index contributed by atoms with van der Waals surface area (Å²) in [5.41, 5.74) is 3.01. The number of carbonyl (C=O) groups is 2. The lowest BCUT2D eigenvalue weighted by atomic mass is 9.94. The summed E-state index contributed by atoms with van der Waals surface area (Å²) in [6, 6.07) is 12.7. The Hall–Kier alpha value is -3.08. The van der Waals surface area contributed by atoms with Gasteiger partial charge in [-0.1, -0.05) is 43.9 Å². The minimum Gasteiger partial charge on any atom is -0.475 e. The standard InChI is InChI=1S/C25H32N2O3S.C2HF3O2/c1-18-9-14-23(17-19(18)2)31(29,30)27-22-12-10-20(11-13-22)25(15-16-25)24(28)26-21-7-5-3-4-6-8-21;3-2(4,5)1(6)7/h9-14,17,21,27H,3-8,15-16H2,1-2H3,(H,26,28);(H,6,7). The molecule has 1 amide bonds. The first-order valence-corrected chi connectivity index (χ1v) is 14.0. The largest absolute Gasteiger partial charge is 0.490 e. The molecule has 2 saturated carbocycles. The number of carbonyl (C=O) groups excluding carboxylic acids is 1. The van der Waals surface area contributed by atoms with E-state index in [4.69, 9.17) is 9.90 Å². The van der Waals surface area contributed by atoms with Crippen molar-refractivity contribution in [1.82, 2.24) is 5.32 Å². The van der Waals surface area contributed by atoms with Crippen molar-refractivity contribution in [1.29, 1.82) is 0 Å². The number of benzene rings is 2. The normalized spacial score (nSPS) is 17.4. The molecule has 0 bridgehead atoms. The van der Waals surface area contributed by atoms with Crippen molar-refractivity contribution >= 4 is 27.6 Å². The quantitative estimate of drug-likeness (QED) is 0.402. The molecule has 0 aromatic heterocycles. The maximum Gasteiger partial charge on any atom is 0.490 e. The number of carboxylic acids is 1. The van der Waals surface area contributed by atoms with Crippen molar-refractivity contribution in [3.05, 3.63) is 59.2 Å². The lowest BCUT2D eigenvalue weighted by Crippen LogP contribution is -2.41. The number of aliphatic carboxylic acids is 1. The van der Waals surface area contributed by atoms with Gasteiger partial charge in [0.2, 0.25) is 5.91 Å². The Balaban J connectivity index is 0.000000505. The fraction of sp³-hybridized carbons (Fsp3) is 0.481. The minimum absolute atomic E-state index is 0.128. The number of aryl methyl sites for hydroxylation is 2. The third-order valence-electron chi connectivity index (χ3n) is 7.10. The zero-order valence-electron chi connectivity index (χ0n) is 21.4. The monoisotopic (exact) mass is 554 g/mol. The number of anilines is 1. The highest BCUT2D eigenvalue weighted by Crippen LogP contribution is 2.49.